The molecule has 2 aromatic carbocycles. The molecule has 4 rings (SSSR count). The van der Waals surface area contributed by atoms with Gasteiger partial charge in [-0.2, -0.15) is 9.78 Å². The molecule has 1 fully saturated rings. The summed E-state index contributed by atoms with van der Waals surface area (Å²) in [5.74, 6) is -0.209. The minimum atomic E-state index is -4.18. The van der Waals surface area contributed by atoms with Crippen molar-refractivity contribution in [2.24, 2.45) is 0 Å². The Morgan fingerprint density at radius 2 is 1.82 bits per heavy atom. The molecule has 3 aromatic rings. The fourth-order valence-electron chi connectivity index (χ4n) is 4.15. The van der Waals surface area contributed by atoms with Crippen LogP contribution in [0.15, 0.2) is 47.4 Å². The lowest BCUT2D eigenvalue weighted by atomic mass is 10.2. The number of carbonyl (C=O) groups excluding carboxylic acids is 1. The highest BCUT2D eigenvalue weighted by Crippen LogP contribution is 2.36. The van der Waals surface area contributed by atoms with E-state index < -0.39 is 26.7 Å². The minimum absolute atomic E-state index is 0.122. The van der Waals surface area contributed by atoms with Gasteiger partial charge in [0.05, 0.1) is 10.6 Å². The molecule has 1 amide bonds. The van der Waals surface area contributed by atoms with Gasteiger partial charge in [0.15, 0.2) is 5.69 Å². The summed E-state index contributed by atoms with van der Waals surface area (Å²) in [5, 5.41) is 16.0. The van der Waals surface area contributed by atoms with E-state index in [-0.39, 0.29) is 28.1 Å². The lowest BCUT2D eigenvalue weighted by Gasteiger charge is -2.16. The highest BCUT2D eigenvalue weighted by molar-refractivity contribution is 7.89. The van der Waals surface area contributed by atoms with Crippen LogP contribution in [0.1, 0.15) is 54.7 Å². The summed E-state index contributed by atoms with van der Waals surface area (Å²) < 4.78 is 36.7. The number of nitrogens with one attached hydrogen (secondary N) is 1. The highest BCUT2D eigenvalue weighted by Gasteiger charge is 2.30. The number of hydrogen-bond donors (Lipinski definition) is 1. The summed E-state index contributed by atoms with van der Waals surface area (Å²) in [6.45, 7) is 8.42. The molecule has 1 saturated heterocycles. The van der Waals surface area contributed by atoms with Crippen molar-refractivity contribution in [3.63, 3.8) is 0 Å². The number of benzene rings is 2. The maximum Gasteiger partial charge on any atom is 0.274 e. The van der Waals surface area contributed by atoms with Crippen molar-refractivity contribution in [2.75, 3.05) is 13.1 Å². The number of nitro benzene ring substituents is 1. The number of nitro groups is 1. The highest BCUT2D eigenvalue weighted by atomic mass is 32.2. The van der Waals surface area contributed by atoms with Gasteiger partial charge in [0.1, 0.15) is 10.6 Å². The van der Waals surface area contributed by atoms with E-state index in [1.807, 2.05) is 38.1 Å². The predicted octanol–water partition coefficient (Wildman–Crippen LogP) is 4.50. The second-order valence-corrected chi connectivity index (χ2v) is 11.1. The maximum atomic E-state index is 13.3. The molecule has 0 unspecified atom stereocenters. The Bertz CT molecular complexity index is 1460. The van der Waals surface area contributed by atoms with Crippen LogP contribution in [0.5, 0.6) is 11.6 Å². The van der Waals surface area contributed by atoms with Crippen molar-refractivity contribution in [1.29, 1.82) is 0 Å². The fraction of sp³-hybridized carbons (Fsp3) is 0.385. The van der Waals surface area contributed by atoms with Crippen molar-refractivity contribution in [2.45, 2.75) is 57.9 Å². The number of non-ortho nitro benzene ring substituents is 1. The van der Waals surface area contributed by atoms with Crippen LogP contribution in [0.25, 0.3) is 5.69 Å². The summed E-state index contributed by atoms with van der Waals surface area (Å²) in [7, 11) is -4.18. The van der Waals surface area contributed by atoms with Crippen LogP contribution >= 0.6 is 0 Å². The van der Waals surface area contributed by atoms with Crippen LogP contribution in [0.3, 0.4) is 0 Å². The predicted molar refractivity (Wildman–Crippen MR) is 141 cm³/mol. The van der Waals surface area contributed by atoms with Crippen molar-refractivity contribution in [3.8, 4) is 17.3 Å². The number of aromatic nitrogens is 2. The van der Waals surface area contributed by atoms with Crippen LogP contribution in [0, 0.1) is 24.0 Å². The molecule has 1 aliphatic heterocycles. The summed E-state index contributed by atoms with van der Waals surface area (Å²) >= 11 is 0. The largest absolute Gasteiger partial charge is 0.437 e. The van der Waals surface area contributed by atoms with Crippen molar-refractivity contribution in [3.05, 3.63) is 69.4 Å². The number of sulfonamides is 1. The van der Waals surface area contributed by atoms with Crippen molar-refractivity contribution >= 4 is 21.6 Å². The van der Waals surface area contributed by atoms with Crippen LogP contribution in [0.2, 0.25) is 0 Å². The van der Waals surface area contributed by atoms with Gasteiger partial charge in [-0.05, 0) is 58.2 Å². The van der Waals surface area contributed by atoms with Gasteiger partial charge in [-0.15, -0.1) is 0 Å². The van der Waals surface area contributed by atoms with Gasteiger partial charge < -0.3 is 9.64 Å². The first-order chi connectivity index (χ1) is 18.0. The van der Waals surface area contributed by atoms with Crippen LogP contribution in [-0.2, 0) is 10.0 Å². The van der Waals surface area contributed by atoms with E-state index in [1.54, 1.807) is 18.7 Å². The third-order valence-electron chi connectivity index (χ3n) is 6.55. The Kier molecular flexibility index (Phi) is 7.83. The summed E-state index contributed by atoms with van der Waals surface area (Å²) in [5.41, 5.74) is 1.87. The normalized spacial score (nSPS) is 14.5. The van der Waals surface area contributed by atoms with Gasteiger partial charge in [-0.1, -0.05) is 24.6 Å². The molecule has 1 atom stereocenters. The van der Waals surface area contributed by atoms with E-state index in [1.165, 1.54) is 16.8 Å². The minimum Gasteiger partial charge on any atom is -0.437 e. The number of rotatable bonds is 9. The molecule has 1 aliphatic rings. The smallest absolute Gasteiger partial charge is 0.274 e. The van der Waals surface area contributed by atoms with Crippen molar-refractivity contribution < 1.29 is 22.9 Å². The molecule has 0 aliphatic carbocycles. The molecule has 2 heterocycles. The number of ether oxygens (including phenoxy) is 1. The molecule has 0 radical (unpaired) electrons. The Hall–Kier alpha value is -3.77. The first kappa shape index (κ1) is 27.3. The van der Waals surface area contributed by atoms with Gasteiger partial charge in [0, 0.05) is 36.8 Å². The van der Waals surface area contributed by atoms with Gasteiger partial charge in [-0.25, -0.2) is 13.1 Å². The van der Waals surface area contributed by atoms with E-state index in [2.05, 4.69) is 9.82 Å². The molecule has 1 N–H and O–H groups in total. The van der Waals surface area contributed by atoms with Crippen molar-refractivity contribution in [1.82, 2.24) is 19.4 Å². The molecule has 38 heavy (non-hydrogen) atoms. The second-order valence-electron chi connectivity index (χ2n) is 9.45. The summed E-state index contributed by atoms with van der Waals surface area (Å²) in [6, 6.07) is 10.4. The van der Waals surface area contributed by atoms with Crippen LogP contribution < -0.4 is 9.46 Å². The van der Waals surface area contributed by atoms with Crippen LogP contribution in [-0.4, -0.2) is 53.1 Å². The van der Waals surface area contributed by atoms with E-state index in [0.29, 0.717) is 30.8 Å². The van der Waals surface area contributed by atoms with E-state index in [0.717, 1.165) is 24.5 Å². The lowest BCUT2D eigenvalue weighted by Crippen LogP contribution is -2.32. The monoisotopic (exact) mass is 541 g/mol. The van der Waals surface area contributed by atoms with Crippen LogP contribution in [0.4, 0.5) is 5.69 Å². The molecule has 0 saturated carbocycles. The number of likely N-dealkylation sites (tertiary alicyclic amines) is 1. The molecule has 12 heteroatoms. The average Bonchev–Trinajstić information content (AvgIpc) is 3.53. The first-order valence-corrected chi connectivity index (χ1v) is 13.9. The van der Waals surface area contributed by atoms with E-state index >= 15 is 0 Å². The molecule has 202 valence electrons. The number of carbonyl (C=O) groups is 1. The Labute approximate surface area is 221 Å². The SMILES string of the molecule is CC[C@H](C)NS(=O)(=O)c1cc([N+](=O)[O-])ccc1Oc1c(C)c(C(=O)N2CCCC2)nn1-c1ccc(C)cc1. The summed E-state index contributed by atoms with van der Waals surface area (Å²) in [4.78, 5) is 25.4. The number of nitrogens with zero attached hydrogens (tertiary/aromatic N) is 4. The maximum absolute atomic E-state index is 13.3. The first-order valence-electron chi connectivity index (χ1n) is 12.5. The number of hydrogen-bond acceptors (Lipinski definition) is 7. The summed E-state index contributed by atoms with van der Waals surface area (Å²) in [6.07, 6.45) is 2.35. The average molecular weight is 542 g/mol. The topological polar surface area (TPSA) is 137 Å². The zero-order valence-corrected chi connectivity index (χ0v) is 22.6. The number of amides is 1. The van der Waals surface area contributed by atoms with Gasteiger partial charge in [0.2, 0.25) is 15.9 Å². The molecule has 1 aromatic heterocycles. The zero-order valence-electron chi connectivity index (χ0n) is 21.8. The lowest BCUT2D eigenvalue weighted by molar-refractivity contribution is -0.385. The van der Waals surface area contributed by atoms with Gasteiger partial charge >= 0.3 is 0 Å². The third-order valence-corrected chi connectivity index (χ3v) is 8.16. The zero-order chi connectivity index (χ0) is 27.6. The standard InChI is InChI=1S/C26H31N5O6S/c1-5-18(3)28-38(35,36)23-16-21(31(33)34)12-13-22(23)37-26-19(4)24(25(32)29-14-6-7-15-29)27-30(26)20-10-8-17(2)9-11-20/h8-13,16,18,28H,5-7,14-15H2,1-4H3/t18-/m0/s1. The number of aryl methyl sites for hydroxylation is 1. The van der Waals surface area contributed by atoms with E-state index in [4.69, 9.17) is 4.74 Å². The van der Waals surface area contributed by atoms with Gasteiger partial charge in [-0.3, -0.25) is 14.9 Å². The molecule has 0 spiro atoms. The third kappa shape index (κ3) is 5.55. The second kappa shape index (κ2) is 10.9. The van der Waals surface area contributed by atoms with E-state index in [9.17, 15) is 23.3 Å². The molecule has 0 bridgehead atoms. The van der Waals surface area contributed by atoms with Gasteiger partial charge in [0.25, 0.3) is 11.6 Å². The Morgan fingerprint density at radius 1 is 1.16 bits per heavy atom. The molecular formula is C26H31N5O6S. The Balaban J connectivity index is 1.86. The molecular weight excluding hydrogens is 510 g/mol. The Morgan fingerprint density at radius 3 is 2.42 bits per heavy atom. The fourth-order valence-corrected chi connectivity index (χ4v) is 5.63. The quantitative estimate of drug-likeness (QED) is 0.311. The molecule has 11 nitrogen and oxygen atoms in total.